The van der Waals surface area contributed by atoms with Crippen molar-refractivity contribution in [3.63, 3.8) is 0 Å². The second kappa shape index (κ2) is 10.4. The first-order valence-electron chi connectivity index (χ1n) is 17.5. The van der Waals surface area contributed by atoms with Crippen LogP contribution in [0.2, 0.25) is 0 Å². The van der Waals surface area contributed by atoms with Gasteiger partial charge in [0.1, 0.15) is 5.58 Å². The van der Waals surface area contributed by atoms with Crippen molar-refractivity contribution < 1.29 is 11.3 Å². The van der Waals surface area contributed by atoms with Gasteiger partial charge in [-0.05, 0) is 83.4 Å². The Hall–Kier alpha value is -5.92. The van der Waals surface area contributed by atoms with Crippen LogP contribution in [0.15, 0.2) is 174 Å². The van der Waals surface area contributed by atoms with E-state index in [-0.39, 0.29) is 29.7 Å². The first-order valence-corrected chi connectivity index (χ1v) is 15.0. The molecule has 0 fully saturated rings. The fourth-order valence-electron chi connectivity index (χ4n) is 6.79. The van der Waals surface area contributed by atoms with Crippen molar-refractivity contribution in [3.05, 3.63) is 170 Å². The van der Waals surface area contributed by atoms with Crippen molar-refractivity contribution in [1.82, 2.24) is 0 Å². The molecule has 1 aromatic heterocycles. The van der Waals surface area contributed by atoms with Crippen molar-refractivity contribution in [2.45, 2.75) is 0 Å². The molecular formula is C44H28O. The van der Waals surface area contributed by atoms with Crippen LogP contribution >= 0.6 is 0 Å². The van der Waals surface area contributed by atoms with Gasteiger partial charge in [0.05, 0.1) is 13.1 Å². The lowest BCUT2D eigenvalue weighted by atomic mass is 9.84. The molecule has 9 rings (SSSR count). The lowest BCUT2D eigenvalue weighted by Gasteiger charge is -2.19. The summed E-state index contributed by atoms with van der Waals surface area (Å²) < 4.78 is 47.2. The minimum atomic E-state index is -0.405. The highest BCUT2D eigenvalue weighted by atomic mass is 16.3. The maximum Gasteiger partial charge on any atom is 0.134 e. The normalized spacial score (nSPS) is 13.1. The summed E-state index contributed by atoms with van der Waals surface area (Å²) in [5, 5.41) is 8.00. The molecule has 0 amide bonds. The topological polar surface area (TPSA) is 13.1 Å². The van der Waals surface area contributed by atoms with Crippen LogP contribution in [0.3, 0.4) is 0 Å². The SMILES string of the molecule is [2H]c1c([2H])c([2H])c(-c2ccc3occ(-c4ccc(-c5c6ccccc6c(-c6cccc7ccccc67)c6ccccc56)cc4)c3c2)c([2H])c1[2H]. The van der Waals surface area contributed by atoms with Crippen molar-refractivity contribution >= 4 is 43.3 Å². The van der Waals surface area contributed by atoms with Crippen LogP contribution in [0.25, 0.3) is 87.8 Å². The Morgan fingerprint density at radius 2 is 0.978 bits per heavy atom. The Balaban J connectivity index is 1.20. The molecule has 0 aliphatic carbocycles. The van der Waals surface area contributed by atoms with Crippen LogP contribution in [0.4, 0.5) is 0 Å². The average molecular weight is 578 g/mol. The number of benzene rings is 8. The molecule has 1 heteroatoms. The monoisotopic (exact) mass is 577 g/mol. The number of hydrogen-bond donors (Lipinski definition) is 0. The fourth-order valence-corrected chi connectivity index (χ4v) is 6.79. The molecule has 0 spiro atoms. The number of furan rings is 1. The van der Waals surface area contributed by atoms with E-state index in [2.05, 4.69) is 115 Å². The maximum atomic E-state index is 8.48. The highest BCUT2D eigenvalue weighted by Crippen LogP contribution is 2.45. The van der Waals surface area contributed by atoms with Gasteiger partial charge in [-0.3, -0.25) is 0 Å². The van der Waals surface area contributed by atoms with Crippen molar-refractivity contribution in [1.29, 1.82) is 0 Å². The van der Waals surface area contributed by atoms with Crippen LogP contribution < -0.4 is 0 Å². The van der Waals surface area contributed by atoms with E-state index in [1.807, 2.05) is 6.07 Å². The molecule has 0 saturated heterocycles. The highest BCUT2D eigenvalue weighted by molar-refractivity contribution is 6.23. The van der Waals surface area contributed by atoms with Crippen LogP contribution in [-0.2, 0) is 0 Å². The molecule has 0 aliphatic rings. The Morgan fingerprint density at radius 3 is 1.69 bits per heavy atom. The molecule has 1 heterocycles. The molecule has 210 valence electrons. The Labute approximate surface area is 268 Å². The van der Waals surface area contributed by atoms with E-state index in [1.165, 1.54) is 49.0 Å². The number of fused-ring (bicyclic) bond motifs is 4. The smallest absolute Gasteiger partial charge is 0.134 e. The van der Waals surface area contributed by atoms with E-state index in [4.69, 9.17) is 11.3 Å². The number of rotatable bonds is 4. The second-order valence-electron chi connectivity index (χ2n) is 11.3. The van der Waals surface area contributed by atoms with Gasteiger partial charge < -0.3 is 4.42 Å². The fraction of sp³-hybridized carbons (Fsp3) is 0. The maximum absolute atomic E-state index is 8.48. The molecule has 0 N–H and O–H groups in total. The first-order chi connectivity index (χ1) is 24.4. The molecule has 45 heavy (non-hydrogen) atoms. The van der Waals surface area contributed by atoms with Gasteiger partial charge in [-0.1, -0.05) is 152 Å². The molecule has 1 nitrogen and oxygen atoms in total. The quantitative estimate of drug-likeness (QED) is 0.190. The van der Waals surface area contributed by atoms with Gasteiger partial charge >= 0.3 is 0 Å². The molecule has 0 aliphatic heterocycles. The van der Waals surface area contributed by atoms with E-state index >= 15 is 0 Å². The molecule has 9 aromatic rings. The van der Waals surface area contributed by atoms with Gasteiger partial charge in [-0.25, -0.2) is 0 Å². The molecule has 8 aromatic carbocycles. The lowest BCUT2D eigenvalue weighted by Crippen LogP contribution is -1.91. The van der Waals surface area contributed by atoms with E-state index in [9.17, 15) is 0 Å². The summed E-state index contributed by atoms with van der Waals surface area (Å²) in [5.41, 5.74) is 7.89. The minimum absolute atomic E-state index is 0.172. The Morgan fingerprint density at radius 1 is 0.400 bits per heavy atom. The summed E-state index contributed by atoms with van der Waals surface area (Å²) in [5.74, 6) is 0. The van der Waals surface area contributed by atoms with Crippen LogP contribution in [0.5, 0.6) is 0 Å². The molecular weight excluding hydrogens is 544 g/mol. The summed E-state index contributed by atoms with van der Waals surface area (Å²) in [6.45, 7) is 0. The third kappa shape index (κ3) is 4.17. The predicted molar refractivity (Wildman–Crippen MR) is 190 cm³/mol. The third-order valence-electron chi connectivity index (χ3n) is 8.84. The molecule has 0 atom stereocenters. The van der Waals surface area contributed by atoms with E-state index < -0.39 is 6.04 Å². The zero-order valence-corrected chi connectivity index (χ0v) is 24.2. The highest BCUT2D eigenvalue weighted by Gasteiger charge is 2.18. The minimum Gasteiger partial charge on any atom is -0.464 e. The van der Waals surface area contributed by atoms with E-state index in [0.29, 0.717) is 11.1 Å². The molecule has 0 unspecified atom stereocenters. The third-order valence-corrected chi connectivity index (χ3v) is 8.84. The van der Waals surface area contributed by atoms with E-state index in [0.717, 1.165) is 22.1 Å². The van der Waals surface area contributed by atoms with Gasteiger partial charge in [0.25, 0.3) is 0 Å². The zero-order valence-electron chi connectivity index (χ0n) is 29.2. The summed E-state index contributed by atoms with van der Waals surface area (Å²) in [4.78, 5) is 0. The number of hydrogen-bond acceptors (Lipinski definition) is 1. The lowest BCUT2D eigenvalue weighted by molar-refractivity contribution is 0.617. The van der Waals surface area contributed by atoms with Crippen LogP contribution in [0, 0.1) is 0 Å². The van der Waals surface area contributed by atoms with Gasteiger partial charge in [-0.15, -0.1) is 0 Å². The molecule has 0 saturated carbocycles. The van der Waals surface area contributed by atoms with Gasteiger partial charge in [-0.2, -0.15) is 0 Å². The van der Waals surface area contributed by atoms with Crippen LogP contribution in [-0.4, -0.2) is 0 Å². The van der Waals surface area contributed by atoms with Crippen LogP contribution in [0.1, 0.15) is 6.85 Å². The Kier molecular flexibility index (Phi) is 4.81. The standard InChI is InChI=1S/C44H28O/c1-2-11-29(12-3-1)33-25-26-42-40(27-33)41(28-45-42)31-21-23-32(24-22-31)43-36-16-6-8-18-38(36)44(39-19-9-7-17-37(39)43)35-20-10-14-30-13-4-5-15-34(30)35/h1-28H/i1D,2D,3D,11D,12D. The molecule has 0 radical (unpaired) electrons. The summed E-state index contributed by atoms with van der Waals surface area (Å²) in [6, 6.07) is 44.7. The average Bonchev–Trinajstić information content (AvgIpc) is 3.59. The van der Waals surface area contributed by atoms with E-state index in [1.54, 1.807) is 18.4 Å². The largest absolute Gasteiger partial charge is 0.464 e. The summed E-state index contributed by atoms with van der Waals surface area (Å²) >= 11 is 0. The summed E-state index contributed by atoms with van der Waals surface area (Å²) in [7, 11) is 0. The van der Waals surface area contributed by atoms with Crippen molar-refractivity contribution in [3.8, 4) is 44.5 Å². The van der Waals surface area contributed by atoms with Crippen molar-refractivity contribution in [2.75, 3.05) is 0 Å². The predicted octanol–water partition coefficient (Wildman–Crippen LogP) is 12.6. The summed E-state index contributed by atoms with van der Waals surface area (Å²) in [6.07, 6.45) is 1.72. The van der Waals surface area contributed by atoms with Gasteiger partial charge in [0.2, 0.25) is 0 Å². The van der Waals surface area contributed by atoms with Crippen molar-refractivity contribution in [2.24, 2.45) is 0 Å². The molecule has 0 bridgehead atoms. The van der Waals surface area contributed by atoms with Gasteiger partial charge in [0, 0.05) is 10.9 Å². The Bertz CT molecular complexity index is 2720. The van der Waals surface area contributed by atoms with Gasteiger partial charge in [0.15, 0.2) is 0 Å². The first kappa shape index (κ1) is 20.9. The second-order valence-corrected chi connectivity index (χ2v) is 11.3. The zero-order chi connectivity index (χ0) is 34.1.